The molecule has 3 heteroatoms. The number of aliphatic hydroxyl groups is 1. The molecule has 0 aromatic heterocycles. The molecule has 0 amide bonds. The van der Waals surface area contributed by atoms with E-state index in [2.05, 4.69) is 17.4 Å². The van der Waals surface area contributed by atoms with E-state index < -0.39 is 0 Å². The molecule has 2 N–H and O–H groups in total. The Morgan fingerprint density at radius 1 is 1.56 bits per heavy atom. The van der Waals surface area contributed by atoms with Gasteiger partial charge in [-0.25, -0.2) is 0 Å². The van der Waals surface area contributed by atoms with Crippen LogP contribution in [0.1, 0.15) is 30.5 Å². The molecule has 0 radical (unpaired) electrons. The van der Waals surface area contributed by atoms with E-state index >= 15 is 0 Å². The molecule has 0 heterocycles. The zero-order valence-electron chi connectivity index (χ0n) is 9.86. The van der Waals surface area contributed by atoms with Crippen LogP contribution in [0.15, 0.2) is 18.2 Å². The molecule has 1 aliphatic rings. The summed E-state index contributed by atoms with van der Waals surface area (Å²) in [7, 11) is 1.69. The number of methoxy groups -OCH3 is 1. The third-order valence-corrected chi connectivity index (χ3v) is 3.09. The van der Waals surface area contributed by atoms with Crippen LogP contribution in [-0.2, 0) is 6.42 Å². The topological polar surface area (TPSA) is 41.5 Å². The first-order valence-corrected chi connectivity index (χ1v) is 5.79. The molecule has 1 unspecified atom stereocenters. The molecule has 0 aliphatic heterocycles. The SMILES string of the molecule is COc1ccc2c(c1)C(NC[C@@H](C)O)CC2. The summed E-state index contributed by atoms with van der Waals surface area (Å²) in [6.45, 7) is 2.44. The van der Waals surface area contributed by atoms with Gasteiger partial charge in [0.25, 0.3) is 0 Å². The molecule has 2 atom stereocenters. The summed E-state index contributed by atoms with van der Waals surface area (Å²) < 4.78 is 5.24. The minimum absolute atomic E-state index is 0.297. The van der Waals surface area contributed by atoms with Crippen molar-refractivity contribution in [1.29, 1.82) is 0 Å². The second kappa shape index (κ2) is 4.85. The van der Waals surface area contributed by atoms with Crippen LogP contribution >= 0.6 is 0 Å². The highest BCUT2D eigenvalue weighted by Gasteiger charge is 2.22. The summed E-state index contributed by atoms with van der Waals surface area (Å²) in [4.78, 5) is 0. The standard InChI is InChI=1S/C13H19NO2/c1-9(15)8-14-13-6-4-10-3-5-11(16-2)7-12(10)13/h3,5,7,9,13-15H,4,6,8H2,1-2H3/t9-,13?/m1/s1. The Morgan fingerprint density at radius 3 is 3.06 bits per heavy atom. The van der Waals surface area contributed by atoms with Gasteiger partial charge in [-0.05, 0) is 43.0 Å². The van der Waals surface area contributed by atoms with E-state index in [0.29, 0.717) is 12.6 Å². The van der Waals surface area contributed by atoms with Gasteiger partial charge in [0, 0.05) is 12.6 Å². The van der Waals surface area contributed by atoms with E-state index in [1.165, 1.54) is 11.1 Å². The predicted octanol–water partition coefficient (Wildman–Crippen LogP) is 1.65. The minimum Gasteiger partial charge on any atom is -0.497 e. The second-order valence-corrected chi connectivity index (χ2v) is 4.41. The Balaban J connectivity index is 2.11. The Kier molecular flexibility index (Phi) is 3.46. The van der Waals surface area contributed by atoms with Crippen LogP contribution in [-0.4, -0.2) is 24.9 Å². The Morgan fingerprint density at radius 2 is 2.38 bits per heavy atom. The van der Waals surface area contributed by atoms with Crippen LogP contribution in [0.25, 0.3) is 0 Å². The van der Waals surface area contributed by atoms with Crippen LogP contribution in [0.4, 0.5) is 0 Å². The van der Waals surface area contributed by atoms with E-state index in [0.717, 1.165) is 18.6 Å². The molecule has 88 valence electrons. The summed E-state index contributed by atoms with van der Waals surface area (Å²) in [6.07, 6.45) is 1.92. The number of aliphatic hydroxyl groups excluding tert-OH is 1. The van der Waals surface area contributed by atoms with E-state index in [4.69, 9.17) is 4.74 Å². The summed E-state index contributed by atoms with van der Waals surface area (Å²) in [5.41, 5.74) is 2.71. The number of hydrogen-bond acceptors (Lipinski definition) is 3. The van der Waals surface area contributed by atoms with Gasteiger partial charge < -0.3 is 15.2 Å². The zero-order chi connectivity index (χ0) is 11.5. The molecule has 0 saturated carbocycles. The maximum atomic E-state index is 9.27. The molecule has 1 aromatic rings. The smallest absolute Gasteiger partial charge is 0.119 e. The van der Waals surface area contributed by atoms with Gasteiger partial charge in [-0.3, -0.25) is 0 Å². The van der Waals surface area contributed by atoms with Gasteiger partial charge in [0.1, 0.15) is 5.75 Å². The number of hydrogen-bond donors (Lipinski definition) is 2. The van der Waals surface area contributed by atoms with E-state index in [1.807, 2.05) is 6.07 Å². The van der Waals surface area contributed by atoms with Gasteiger partial charge in [-0.15, -0.1) is 0 Å². The first-order chi connectivity index (χ1) is 7.70. The Bertz CT molecular complexity index is 363. The first kappa shape index (κ1) is 11.4. The fourth-order valence-electron chi connectivity index (χ4n) is 2.23. The summed E-state index contributed by atoms with van der Waals surface area (Å²) in [5, 5.41) is 12.7. The highest BCUT2D eigenvalue weighted by atomic mass is 16.5. The quantitative estimate of drug-likeness (QED) is 0.812. The fraction of sp³-hybridized carbons (Fsp3) is 0.538. The molecule has 2 rings (SSSR count). The molecule has 16 heavy (non-hydrogen) atoms. The van der Waals surface area contributed by atoms with Crippen molar-refractivity contribution in [2.45, 2.75) is 31.9 Å². The van der Waals surface area contributed by atoms with Crippen LogP contribution < -0.4 is 10.1 Å². The van der Waals surface area contributed by atoms with Crippen molar-refractivity contribution in [2.75, 3.05) is 13.7 Å². The third-order valence-electron chi connectivity index (χ3n) is 3.09. The molecule has 0 bridgehead atoms. The summed E-state index contributed by atoms with van der Waals surface area (Å²) in [6, 6.07) is 6.61. The van der Waals surface area contributed by atoms with Crippen LogP contribution in [0.2, 0.25) is 0 Å². The molecule has 0 fully saturated rings. The average molecular weight is 221 g/mol. The van der Waals surface area contributed by atoms with Crippen molar-refractivity contribution < 1.29 is 9.84 Å². The molecular formula is C13H19NO2. The van der Waals surface area contributed by atoms with Crippen LogP contribution in [0, 0.1) is 0 Å². The van der Waals surface area contributed by atoms with Crippen molar-refractivity contribution in [3.63, 3.8) is 0 Å². The lowest BCUT2D eigenvalue weighted by Gasteiger charge is -2.15. The fourth-order valence-corrected chi connectivity index (χ4v) is 2.23. The average Bonchev–Trinajstić information content (AvgIpc) is 2.68. The van der Waals surface area contributed by atoms with Gasteiger partial charge >= 0.3 is 0 Å². The normalized spacial score (nSPS) is 20.6. The van der Waals surface area contributed by atoms with Gasteiger partial charge in [0.05, 0.1) is 13.2 Å². The van der Waals surface area contributed by atoms with Crippen LogP contribution in [0.3, 0.4) is 0 Å². The van der Waals surface area contributed by atoms with Gasteiger partial charge in [-0.2, -0.15) is 0 Å². The second-order valence-electron chi connectivity index (χ2n) is 4.41. The largest absolute Gasteiger partial charge is 0.497 e. The lowest BCUT2D eigenvalue weighted by molar-refractivity contribution is 0.186. The van der Waals surface area contributed by atoms with E-state index in [9.17, 15) is 5.11 Å². The molecule has 1 aromatic carbocycles. The minimum atomic E-state index is -0.297. The monoisotopic (exact) mass is 221 g/mol. The molecule has 0 spiro atoms. The van der Waals surface area contributed by atoms with Crippen molar-refractivity contribution >= 4 is 0 Å². The highest BCUT2D eigenvalue weighted by molar-refractivity contribution is 5.40. The zero-order valence-corrected chi connectivity index (χ0v) is 9.86. The van der Waals surface area contributed by atoms with Crippen molar-refractivity contribution in [1.82, 2.24) is 5.32 Å². The Labute approximate surface area is 96.4 Å². The number of ether oxygens (including phenoxy) is 1. The molecule has 1 aliphatic carbocycles. The van der Waals surface area contributed by atoms with Gasteiger partial charge in [-0.1, -0.05) is 6.07 Å². The number of rotatable bonds is 4. The Hall–Kier alpha value is -1.06. The number of nitrogens with one attached hydrogen (secondary N) is 1. The number of aryl methyl sites for hydroxylation is 1. The van der Waals surface area contributed by atoms with Crippen molar-refractivity contribution in [3.05, 3.63) is 29.3 Å². The molecular weight excluding hydrogens is 202 g/mol. The highest BCUT2D eigenvalue weighted by Crippen LogP contribution is 2.33. The third kappa shape index (κ3) is 2.36. The maximum absolute atomic E-state index is 9.27. The predicted molar refractivity (Wildman–Crippen MR) is 63.7 cm³/mol. The molecule has 0 saturated heterocycles. The first-order valence-electron chi connectivity index (χ1n) is 5.79. The van der Waals surface area contributed by atoms with Crippen molar-refractivity contribution in [2.24, 2.45) is 0 Å². The summed E-state index contributed by atoms with van der Waals surface area (Å²) in [5.74, 6) is 0.907. The van der Waals surface area contributed by atoms with E-state index in [1.54, 1.807) is 14.0 Å². The molecule has 3 nitrogen and oxygen atoms in total. The number of fused-ring (bicyclic) bond motifs is 1. The van der Waals surface area contributed by atoms with Crippen molar-refractivity contribution in [3.8, 4) is 5.75 Å². The summed E-state index contributed by atoms with van der Waals surface area (Å²) >= 11 is 0. The maximum Gasteiger partial charge on any atom is 0.119 e. The van der Waals surface area contributed by atoms with Gasteiger partial charge in [0.2, 0.25) is 0 Å². The van der Waals surface area contributed by atoms with Crippen LogP contribution in [0.5, 0.6) is 5.75 Å². The van der Waals surface area contributed by atoms with E-state index in [-0.39, 0.29) is 6.10 Å². The lowest BCUT2D eigenvalue weighted by Crippen LogP contribution is -2.27. The lowest BCUT2D eigenvalue weighted by atomic mass is 10.1. The van der Waals surface area contributed by atoms with Gasteiger partial charge in [0.15, 0.2) is 0 Å². The number of benzene rings is 1.